The summed E-state index contributed by atoms with van der Waals surface area (Å²) < 4.78 is 43.1. The van der Waals surface area contributed by atoms with Crippen LogP contribution >= 0.6 is 0 Å². The number of aliphatic hydroxyl groups is 4. The molecule has 0 aromatic heterocycles. The lowest BCUT2D eigenvalue weighted by molar-refractivity contribution is -0.281. The molecule has 10 atom stereocenters. The van der Waals surface area contributed by atoms with Gasteiger partial charge in [0, 0.05) is 27.7 Å². The summed E-state index contributed by atoms with van der Waals surface area (Å²) in [5, 5.41) is 35.3. The Balaban J connectivity index is 0.000000450. The highest BCUT2D eigenvalue weighted by Gasteiger charge is 2.49. The van der Waals surface area contributed by atoms with Crippen LogP contribution in [0, 0.1) is 5.92 Å². The lowest BCUT2D eigenvalue weighted by Gasteiger charge is -2.43. The van der Waals surface area contributed by atoms with Crippen molar-refractivity contribution in [3.63, 3.8) is 0 Å². The van der Waals surface area contributed by atoms with Crippen LogP contribution in [0.25, 0.3) is 0 Å². The second kappa shape index (κ2) is 14.3. The minimum atomic E-state index is -2.04. The Morgan fingerprint density at radius 1 is 0.778 bits per heavy atom. The van der Waals surface area contributed by atoms with Crippen molar-refractivity contribution in [1.29, 1.82) is 0 Å². The molecule has 0 aromatic carbocycles. The minimum absolute atomic E-state index is 0.254. The number of halogens is 1. The van der Waals surface area contributed by atoms with Gasteiger partial charge in [-0.05, 0) is 0 Å². The first kappa shape index (κ1) is 31.6. The third-order valence-corrected chi connectivity index (χ3v) is 5.11. The lowest BCUT2D eigenvalue weighted by Crippen LogP contribution is -2.58. The van der Waals surface area contributed by atoms with E-state index >= 15 is 0 Å². The highest BCUT2D eigenvalue weighted by molar-refractivity contribution is 5.68. The Morgan fingerprint density at radius 3 is 1.78 bits per heavy atom. The lowest BCUT2D eigenvalue weighted by atomic mass is 9.92. The zero-order chi connectivity index (χ0) is 27.7. The molecule has 2 heterocycles. The Kier molecular flexibility index (Phi) is 12.6. The van der Waals surface area contributed by atoms with E-state index in [2.05, 4.69) is 4.74 Å². The van der Waals surface area contributed by atoms with Crippen molar-refractivity contribution < 1.29 is 72.4 Å². The molecule has 0 aliphatic carbocycles. The monoisotopic (exact) mass is 527 g/mol. The fourth-order valence-electron chi connectivity index (χ4n) is 3.43. The predicted octanol–water partition coefficient (Wildman–Crippen LogP) is -1.91. The molecule has 36 heavy (non-hydrogen) atoms. The molecule has 2 aliphatic rings. The quantitative estimate of drug-likeness (QED) is 0.220. The first-order valence-electron chi connectivity index (χ1n) is 10.9. The Bertz CT molecular complexity index is 742. The molecular weight excluding hydrogens is 494 g/mol. The molecule has 0 amide bonds. The molecule has 208 valence electrons. The van der Waals surface area contributed by atoms with Crippen molar-refractivity contribution >= 4 is 23.9 Å². The topological polar surface area (TPSA) is 205 Å². The molecular formula is C21H33FO14. The summed E-state index contributed by atoms with van der Waals surface area (Å²) in [6.07, 6.45) is -12.1. The van der Waals surface area contributed by atoms with Crippen LogP contribution in [0.4, 0.5) is 4.39 Å². The van der Waals surface area contributed by atoms with E-state index in [1.807, 2.05) is 0 Å². The largest absolute Gasteiger partial charge is 0.463 e. The van der Waals surface area contributed by atoms with E-state index in [4.69, 9.17) is 44.1 Å². The van der Waals surface area contributed by atoms with Gasteiger partial charge in [0.05, 0.1) is 12.5 Å². The van der Waals surface area contributed by atoms with Gasteiger partial charge in [-0.25, -0.2) is 4.39 Å². The molecule has 4 N–H and O–H groups in total. The van der Waals surface area contributed by atoms with E-state index in [9.17, 15) is 23.6 Å². The van der Waals surface area contributed by atoms with Gasteiger partial charge in [-0.15, -0.1) is 0 Å². The van der Waals surface area contributed by atoms with Gasteiger partial charge in [0.15, 0.2) is 18.6 Å². The van der Waals surface area contributed by atoms with Crippen LogP contribution in [0.15, 0.2) is 0 Å². The molecule has 2 fully saturated rings. The average molecular weight is 527 g/mol. The number of alkyl halides is 1. The zero-order valence-electron chi connectivity index (χ0n) is 20.4. The third kappa shape index (κ3) is 9.22. The van der Waals surface area contributed by atoms with Gasteiger partial charge in [-0.2, -0.15) is 0 Å². The van der Waals surface area contributed by atoms with Crippen LogP contribution in [0.3, 0.4) is 0 Å². The van der Waals surface area contributed by atoms with Crippen LogP contribution in [-0.4, -0.2) is 113 Å². The highest BCUT2D eigenvalue weighted by Crippen LogP contribution is 2.31. The van der Waals surface area contributed by atoms with Gasteiger partial charge < -0.3 is 48.8 Å². The molecule has 2 aliphatic heterocycles. The van der Waals surface area contributed by atoms with E-state index in [0.717, 1.165) is 0 Å². The molecule has 14 nitrogen and oxygen atoms in total. The van der Waals surface area contributed by atoms with E-state index in [0.29, 0.717) is 0 Å². The van der Waals surface area contributed by atoms with Gasteiger partial charge in [0.1, 0.15) is 37.1 Å². The molecule has 0 radical (unpaired) electrons. The van der Waals surface area contributed by atoms with Crippen LogP contribution in [0.1, 0.15) is 34.6 Å². The van der Waals surface area contributed by atoms with Crippen LogP contribution in [-0.2, 0) is 47.6 Å². The summed E-state index contributed by atoms with van der Waals surface area (Å²) in [7, 11) is 0. The number of hydrogen-bond donors (Lipinski definition) is 4. The maximum absolute atomic E-state index is 12.7. The number of aliphatic hydroxyl groups excluding tert-OH is 4. The molecule has 2 rings (SSSR count). The minimum Gasteiger partial charge on any atom is -0.463 e. The predicted molar refractivity (Wildman–Crippen MR) is 112 cm³/mol. The van der Waals surface area contributed by atoms with Crippen molar-refractivity contribution in [3.05, 3.63) is 0 Å². The second-order valence-electron chi connectivity index (χ2n) is 8.14. The van der Waals surface area contributed by atoms with Crippen LogP contribution in [0.5, 0.6) is 0 Å². The standard InChI is InChI=1S/C15H22O9.C6H11FO5/c1-7-13(21-9(3)17)14(22-10(4)18)12(6-20-8(2)16)24-15(7)23-11(5)19;7-3-5(10)4(9)2(1-8)12-6(3)11/h7,12-15H,6H2,1-5H3;2-6,8-11H,1H2/i;7-1. The number of carbonyl (C=O) groups is 4. The zero-order valence-corrected chi connectivity index (χ0v) is 20.4. The summed E-state index contributed by atoms with van der Waals surface area (Å²) in [4.78, 5) is 45.1. The number of carbonyl (C=O) groups excluding carboxylic acids is 4. The molecule has 0 saturated carbocycles. The van der Waals surface area contributed by atoms with E-state index < -0.39 is 91.8 Å². The Morgan fingerprint density at radius 2 is 1.31 bits per heavy atom. The summed E-state index contributed by atoms with van der Waals surface area (Å²) in [6, 6.07) is 0. The number of rotatable bonds is 6. The van der Waals surface area contributed by atoms with Crippen LogP contribution < -0.4 is 0 Å². The van der Waals surface area contributed by atoms with Crippen LogP contribution in [0.2, 0.25) is 0 Å². The van der Waals surface area contributed by atoms with Gasteiger partial charge in [0.2, 0.25) is 6.29 Å². The maximum atomic E-state index is 12.7. The second-order valence-corrected chi connectivity index (χ2v) is 8.14. The normalized spacial score (nSPS) is 35.9. The fourth-order valence-corrected chi connectivity index (χ4v) is 3.43. The van der Waals surface area contributed by atoms with Crippen molar-refractivity contribution in [2.45, 2.75) is 90.0 Å². The highest BCUT2D eigenvalue weighted by atomic mass is 18.2. The summed E-state index contributed by atoms with van der Waals surface area (Å²) >= 11 is 0. The van der Waals surface area contributed by atoms with Crippen molar-refractivity contribution in [2.24, 2.45) is 5.92 Å². The molecule has 2 saturated heterocycles. The molecule has 0 aromatic rings. The SMILES string of the molecule is CC(=O)OCC1OC(OC(C)=O)C(C)C(OC(C)=O)C1OC(C)=O.OCC1OC(O)C([18F])C(O)C1O. The molecule has 0 bridgehead atoms. The smallest absolute Gasteiger partial charge is 0.304 e. The van der Waals surface area contributed by atoms with Gasteiger partial charge >= 0.3 is 23.9 Å². The van der Waals surface area contributed by atoms with Crippen molar-refractivity contribution in [1.82, 2.24) is 0 Å². The number of esters is 4. The summed E-state index contributed by atoms with van der Waals surface area (Å²) in [5.41, 5.74) is 0. The maximum Gasteiger partial charge on any atom is 0.304 e. The first-order chi connectivity index (χ1) is 16.7. The molecule has 0 spiro atoms. The Labute approximate surface area is 206 Å². The van der Waals surface area contributed by atoms with Crippen molar-refractivity contribution in [3.8, 4) is 0 Å². The van der Waals surface area contributed by atoms with Gasteiger partial charge in [-0.1, -0.05) is 6.92 Å². The summed E-state index contributed by atoms with van der Waals surface area (Å²) in [5.74, 6) is -2.97. The summed E-state index contributed by atoms with van der Waals surface area (Å²) in [6.45, 7) is 5.60. The number of hydrogen-bond acceptors (Lipinski definition) is 14. The van der Waals surface area contributed by atoms with E-state index in [1.54, 1.807) is 6.92 Å². The fraction of sp³-hybridized carbons (Fsp3) is 0.810. The average Bonchev–Trinajstić information content (AvgIpc) is 2.77. The van der Waals surface area contributed by atoms with Crippen molar-refractivity contribution in [2.75, 3.05) is 13.2 Å². The van der Waals surface area contributed by atoms with Gasteiger partial charge in [-0.3, -0.25) is 19.2 Å². The van der Waals surface area contributed by atoms with E-state index in [-0.39, 0.29) is 6.61 Å². The molecule has 15 heteroatoms. The first-order valence-corrected chi connectivity index (χ1v) is 10.9. The van der Waals surface area contributed by atoms with E-state index in [1.165, 1.54) is 27.7 Å². The van der Waals surface area contributed by atoms with Gasteiger partial charge in [0.25, 0.3) is 0 Å². The number of ether oxygens (including phenoxy) is 6. The Hall–Kier alpha value is -2.43. The third-order valence-electron chi connectivity index (χ3n) is 5.11. The molecule has 10 unspecified atom stereocenters.